The predicted octanol–water partition coefficient (Wildman–Crippen LogP) is 0.183. The fraction of sp³-hybridized carbons (Fsp3) is 0.500. The molecule has 11 heavy (non-hydrogen) atoms. The molecule has 1 saturated heterocycles. The van der Waals surface area contributed by atoms with Gasteiger partial charge >= 0.3 is 0 Å². The SMILES string of the molecule is NC1=CC=CC2OCCOC12. The van der Waals surface area contributed by atoms with Crippen molar-refractivity contribution in [3.63, 3.8) is 0 Å². The Balaban J connectivity index is 2.16. The molecule has 3 heteroatoms. The van der Waals surface area contributed by atoms with Gasteiger partial charge in [0, 0.05) is 5.70 Å². The summed E-state index contributed by atoms with van der Waals surface area (Å²) < 4.78 is 10.8. The van der Waals surface area contributed by atoms with Gasteiger partial charge in [0.1, 0.15) is 12.2 Å². The molecular formula is C8H11NO2. The Morgan fingerprint density at radius 1 is 1.36 bits per heavy atom. The smallest absolute Gasteiger partial charge is 0.126 e. The third-order valence-corrected chi connectivity index (χ3v) is 1.91. The van der Waals surface area contributed by atoms with Crippen molar-refractivity contribution in [3.8, 4) is 0 Å². The first-order valence-corrected chi connectivity index (χ1v) is 3.75. The van der Waals surface area contributed by atoms with Gasteiger partial charge in [-0.3, -0.25) is 0 Å². The predicted molar refractivity (Wildman–Crippen MR) is 40.9 cm³/mol. The van der Waals surface area contributed by atoms with Gasteiger partial charge in [0.25, 0.3) is 0 Å². The van der Waals surface area contributed by atoms with Crippen LogP contribution in [0.2, 0.25) is 0 Å². The molecule has 1 aliphatic heterocycles. The van der Waals surface area contributed by atoms with Crippen LogP contribution in [0.25, 0.3) is 0 Å². The molecule has 60 valence electrons. The van der Waals surface area contributed by atoms with Crippen molar-refractivity contribution in [1.29, 1.82) is 0 Å². The van der Waals surface area contributed by atoms with Crippen LogP contribution in [-0.4, -0.2) is 25.4 Å². The summed E-state index contributed by atoms with van der Waals surface area (Å²) in [5.74, 6) is 0. The number of allylic oxidation sites excluding steroid dienone is 2. The van der Waals surface area contributed by atoms with Gasteiger partial charge in [-0.1, -0.05) is 12.2 Å². The number of hydrogen-bond acceptors (Lipinski definition) is 3. The van der Waals surface area contributed by atoms with Gasteiger partial charge in [-0.15, -0.1) is 0 Å². The van der Waals surface area contributed by atoms with Crippen LogP contribution in [0.3, 0.4) is 0 Å². The van der Waals surface area contributed by atoms with E-state index in [9.17, 15) is 0 Å². The average molecular weight is 153 g/mol. The molecule has 1 fully saturated rings. The zero-order valence-corrected chi connectivity index (χ0v) is 6.19. The van der Waals surface area contributed by atoms with E-state index in [2.05, 4.69) is 0 Å². The summed E-state index contributed by atoms with van der Waals surface area (Å²) in [7, 11) is 0. The van der Waals surface area contributed by atoms with Crippen LogP contribution in [0.15, 0.2) is 23.9 Å². The Morgan fingerprint density at radius 3 is 3.00 bits per heavy atom. The second kappa shape index (κ2) is 2.68. The monoisotopic (exact) mass is 153 g/mol. The van der Waals surface area contributed by atoms with E-state index in [0.29, 0.717) is 13.2 Å². The molecule has 2 N–H and O–H groups in total. The van der Waals surface area contributed by atoms with E-state index in [1.165, 1.54) is 0 Å². The van der Waals surface area contributed by atoms with Gasteiger partial charge in [-0.2, -0.15) is 0 Å². The Kier molecular flexibility index (Phi) is 1.68. The van der Waals surface area contributed by atoms with Crippen LogP contribution in [0.1, 0.15) is 0 Å². The number of rotatable bonds is 0. The molecule has 2 rings (SSSR count). The molecule has 2 aliphatic rings. The highest BCUT2D eigenvalue weighted by molar-refractivity contribution is 5.24. The third-order valence-electron chi connectivity index (χ3n) is 1.91. The first-order valence-electron chi connectivity index (χ1n) is 3.75. The molecule has 0 amide bonds. The Labute approximate surface area is 65.5 Å². The van der Waals surface area contributed by atoms with Crippen molar-refractivity contribution in [2.75, 3.05) is 13.2 Å². The summed E-state index contributed by atoms with van der Waals surface area (Å²) in [5, 5.41) is 0. The highest BCUT2D eigenvalue weighted by Gasteiger charge is 2.28. The minimum atomic E-state index is -0.0475. The summed E-state index contributed by atoms with van der Waals surface area (Å²) in [6.45, 7) is 1.31. The molecule has 1 heterocycles. The molecule has 1 aliphatic carbocycles. The molecule has 0 saturated carbocycles. The lowest BCUT2D eigenvalue weighted by Gasteiger charge is -2.31. The fourth-order valence-electron chi connectivity index (χ4n) is 1.35. The molecule has 0 aromatic carbocycles. The summed E-state index contributed by atoms with van der Waals surface area (Å²) in [5.41, 5.74) is 6.46. The fourth-order valence-corrected chi connectivity index (χ4v) is 1.35. The maximum Gasteiger partial charge on any atom is 0.126 e. The lowest BCUT2D eigenvalue weighted by Crippen LogP contribution is -2.41. The van der Waals surface area contributed by atoms with E-state index >= 15 is 0 Å². The second-order valence-electron chi connectivity index (χ2n) is 2.68. The molecular weight excluding hydrogens is 142 g/mol. The zero-order chi connectivity index (χ0) is 7.68. The van der Waals surface area contributed by atoms with Crippen molar-refractivity contribution >= 4 is 0 Å². The van der Waals surface area contributed by atoms with Gasteiger partial charge in [0.2, 0.25) is 0 Å². The van der Waals surface area contributed by atoms with Gasteiger partial charge in [0.15, 0.2) is 0 Å². The van der Waals surface area contributed by atoms with Gasteiger partial charge < -0.3 is 15.2 Å². The maximum absolute atomic E-state index is 5.69. The van der Waals surface area contributed by atoms with Crippen LogP contribution in [-0.2, 0) is 9.47 Å². The standard InChI is InChI=1S/C8H11NO2/c9-6-2-1-3-7-8(6)11-5-4-10-7/h1-3,7-8H,4-5,9H2. The van der Waals surface area contributed by atoms with Crippen LogP contribution < -0.4 is 5.73 Å². The van der Waals surface area contributed by atoms with Gasteiger partial charge in [0.05, 0.1) is 13.2 Å². The summed E-state index contributed by atoms with van der Waals surface area (Å²) in [6, 6.07) is 0. The van der Waals surface area contributed by atoms with Crippen LogP contribution in [0.4, 0.5) is 0 Å². The van der Waals surface area contributed by atoms with E-state index in [4.69, 9.17) is 15.2 Å². The highest BCUT2D eigenvalue weighted by Crippen LogP contribution is 2.19. The Hall–Kier alpha value is -0.800. The molecule has 3 nitrogen and oxygen atoms in total. The third kappa shape index (κ3) is 1.17. The molecule has 2 unspecified atom stereocenters. The lowest BCUT2D eigenvalue weighted by atomic mass is 10.0. The number of hydrogen-bond donors (Lipinski definition) is 1. The van der Waals surface area contributed by atoms with Crippen molar-refractivity contribution in [3.05, 3.63) is 23.9 Å². The van der Waals surface area contributed by atoms with Gasteiger partial charge in [-0.25, -0.2) is 0 Å². The molecule has 2 atom stereocenters. The molecule has 0 bridgehead atoms. The minimum Gasteiger partial charge on any atom is -0.400 e. The van der Waals surface area contributed by atoms with E-state index in [-0.39, 0.29) is 12.2 Å². The first-order chi connectivity index (χ1) is 5.38. The number of ether oxygens (including phenoxy) is 2. The van der Waals surface area contributed by atoms with Crippen molar-refractivity contribution in [2.24, 2.45) is 5.73 Å². The summed E-state index contributed by atoms with van der Waals surface area (Å²) in [4.78, 5) is 0. The molecule has 0 aromatic heterocycles. The quantitative estimate of drug-likeness (QED) is 0.540. The van der Waals surface area contributed by atoms with Crippen LogP contribution in [0, 0.1) is 0 Å². The van der Waals surface area contributed by atoms with Gasteiger partial charge in [-0.05, 0) is 6.08 Å². The first kappa shape index (κ1) is 6.88. The van der Waals surface area contributed by atoms with Crippen molar-refractivity contribution < 1.29 is 9.47 Å². The van der Waals surface area contributed by atoms with Crippen molar-refractivity contribution in [2.45, 2.75) is 12.2 Å². The van der Waals surface area contributed by atoms with E-state index in [1.807, 2.05) is 18.2 Å². The van der Waals surface area contributed by atoms with E-state index < -0.39 is 0 Å². The zero-order valence-electron chi connectivity index (χ0n) is 6.19. The molecule has 0 aromatic rings. The normalized spacial score (nSPS) is 36.2. The van der Waals surface area contributed by atoms with Crippen molar-refractivity contribution in [1.82, 2.24) is 0 Å². The Morgan fingerprint density at radius 2 is 2.18 bits per heavy atom. The lowest BCUT2D eigenvalue weighted by molar-refractivity contribution is -0.107. The molecule has 0 radical (unpaired) electrons. The Bertz CT molecular complexity index is 210. The van der Waals surface area contributed by atoms with E-state index in [0.717, 1.165) is 5.70 Å². The highest BCUT2D eigenvalue weighted by atomic mass is 16.6. The second-order valence-corrected chi connectivity index (χ2v) is 2.68. The number of fused-ring (bicyclic) bond motifs is 1. The largest absolute Gasteiger partial charge is 0.400 e. The summed E-state index contributed by atoms with van der Waals surface area (Å²) in [6.07, 6.45) is 5.73. The summed E-state index contributed by atoms with van der Waals surface area (Å²) >= 11 is 0. The van der Waals surface area contributed by atoms with E-state index in [1.54, 1.807) is 0 Å². The van der Waals surface area contributed by atoms with Crippen LogP contribution >= 0.6 is 0 Å². The molecule has 0 spiro atoms. The maximum atomic E-state index is 5.69. The van der Waals surface area contributed by atoms with Crippen LogP contribution in [0.5, 0.6) is 0 Å². The topological polar surface area (TPSA) is 44.5 Å². The number of nitrogens with two attached hydrogens (primary N) is 1. The average Bonchev–Trinajstić information content (AvgIpc) is 2.06. The minimum absolute atomic E-state index is 0.0359.